The van der Waals surface area contributed by atoms with Gasteiger partial charge >= 0.3 is 0 Å². The summed E-state index contributed by atoms with van der Waals surface area (Å²) >= 11 is 0. The maximum Gasteiger partial charge on any atom is 0.152 e. The van der Waals surface area contributed by atoms with Gasteiger partial charge in [-0.15, -0.1) is 0 Å². The van der Waals surface area contributed by atoms with E-state index in [0.717, 1.165) is 39.5 Å². The lowest BCUT2D eigenvalue weighted by molar-refractivity contribution is 0.477. The summed E-state index contributed by atoms with van der Waals surface area (Å²) in [5, 5.41) is 4.93. The van der Waals surface area contributed by atoms with Gasteiger partial charge in [0.1, 0.15) is 0 Å². The zero-order chi connectivity index (χ0) is 37.5. The van der Waals surface area contributed by atoms with E-state index in [9.17, 15) is 0 Å². The number of aromatic nitrogens is 2. The van der Waals surface area contributed by atoms with Gasteiger partial charge in [-0.2, -0.15) is 0 Å². The van der Waals surface area contributed by atoms with Gasteiger partial charge in [0, 0.05) is 32.8 Å². The Balaban J connectivity index is 0.931. The van der Waals surface area contributed by atoms with Crippen LogP contribution >= 0.6 is 0 Å². The number of hydrogen-bond donors (Lipinski definition) is 0. The molecule has 266 valence electrons. The maximum atomic E-state index is 6.56. The minimum Gasteiger partial charge on any atom is -0.453 e. The van der Waals surface area contributed by atoms with Crippen molar-refractivity contribution < 1.29 is 4.74 Å². The smallest absolute Gasteiger partial charge is 0.152 e. The van der Waals surface area contributed by atoms with Gasteiger partial charge in [-0.05, 0) is 93.5 Å². The van der Waals surface area contributed by atoms with Crippen LogP contribution in [0.3, 0.4) is 0 Å². The Hall–Kier alpha value is -7.62. The first-order valence-electron chi connectivity index (χ1n) is 19.5. The highest BCUT2D eigenvalue weighted by Gasteiger charge is 2.26. The number of fused-ring (bicyclic) bond motifs is 8. The summed E-state index contributed by atoms with van der Waals surface area (Å²) in [6, 6.07) is 74.4. The molecular weight excluding hydrogens is 693 g/mol. The van der Waals surface area contributed by atoms with Crippen molar-refractivity contribution in [3.63, 3.8) is 0 Å². The SMILES string of the molecule is c1ccc(-c2ccc3c(c2)c2cc(-c4ccccc4)ccc2n3-c2ccc(-c3ccc(-c4cccc5c4-n4c6ccccc6c6cccc(c64)O5)cc3)cc2)cc1. The summed E-state index contributed by atoms with van der Waals surface area (Å²) in [6.45, 7) is 0. The second kappa shape index (κ2) is 12.5. The second-order valence-corrected chi connectivity index (χ2v) is 14.9. The molecule has 0 N–H and O–H groups in total. The Morgan fingerprint density at radius 1 is 0.298 bits per heavy atom. The highest BCUT2D eigenvalue weighted by Crippen LogP contribution is 2.48. The van der Waals surface area contributed by atoms with Crippen molar-refractivity contribution >= 4 is 43.6 Å². The lowest BCUT2D eigenvalue weighted by Gasteiger charge is -2.23. The average molecular weight is 727 g/mol. The van der Waals surface area contributed by atoms with Crippen LogP contribution in [0.1, 0.15) is 0 Å². The molecule has 0 saturated heterocycles. The van der Waals surface area contributed by atoms with Crippen molar-refractivity contribution in [1.82, 2.24) is 9.13 Å². The Morgan fingerprint density at radius 2 is 0.789 bits per heavy atom. The molecule has 0 radical (unpaired) electrons. The molecule has 57 heavy (non-hydrogen) atoms. The third-order valence-corrected chi connectivity index (χ3v) is 11.7. The van der Waals surface area contributed by atoms with Gasteiger partial charge < -0.3 is 13.9 Å². The molecule has 2 aromatic heterocycles. The number of rotatable bonds is 5. The summed E-state index contributed by atoms with van der Waals surface area (Å²) in [4.78, 5) is 0. The number of para-hydroxylation sites is 3. The number of benzene rings is 9. The average Bonchev–Trinajstić information content (AvgIpc) is 3.80. The molecule has 9 aromatic carbocycles. The fourth-order valence-corrected chi connectivity index (χ4v) is 9.06. The molecule has 0 fully saturated rings. The molecule has 0 saturated carbocycles. The van der Waals surface area contributed by atoms with E-state index in [1.54, 1.807) is 0 Å². The molecular formula is C54H34N2O. The molecule has 3 heterocycles. The molecule has 0 atom stereocenters. The summed E-state index contributed by atoms with van der Waals surface area (Å²) in [7, 11) is 0. The molecule has 1 aliphatic rings. The van der Waals surface area contributed by atoms with Crippen LogP contribution in [-0.4, -0.2) is 9.13 Å². The van der Waals surface area contributed by atoms with Crippen LogP contribution in [0.15, 0.2) is 206 Å². The largest absolute Gasteiger partial charge is 0.453 e. The number of nitrogens with zero attached hydrogens (tertiary/aromatic N) is 2. The van der Waals surface area contributed by atoms with Gasteiger partial charge in [0.15, 0.2) is 11.5 Å². The lowest BCUT2D eigenvalue weighted by Crippen LogP contribution is -2.05. The van der Waals surface area contributed by atoms with E-state index in [2.05, 4.69) is 215 Å². The first-order chi connectivity index (χ1) is 28.3. The molecule has 3 heteroatoms. The van der Waals surface area contributed by atoms with E-state index in [0.29, 0.717) is 0 Å². The molecule has 0 amide bonds. The molecule has 0 aliphatic carbocycles. The first kappa shape index (κ1) is 31.7. The van der Waals surface area contributed by atoms with Crippen LogP contribution in [-0.2, 0) is 0 Å². The summed E-state index contributed by atoms with van der Waals surface area (Å²) < 4.78 is 11.4. The zero-order valence-electron chi connectivity index (χ0n) is 30.9. The molecule has 12 rings (SSSR count). The topological polar surface area (TPSA) is 19.1 Å². The molecule has 0 unspecified atom stereocenters. The summed E-state index contributed by atoms with van der Waals surface area (Å²) in [5.41, 5.74) is 16.4. The molecule has 1 aliphatic heterocycles. The van der Waals surface area contributed by atoms with Gasteiger partial charge in [-0.1, -0.05) is 152 Å². The normalized spacial score (nSPS) is 12.0. The third kappa shape index (κ3) is 4.92. The van der Waals surface area contributed by atoms with E-state index in [1.807, 2.05) is 0 Å². The van der Waals surface area contributed by atoms with Gasteiger partial charge in [0.05, 0.1) is 27.8 Å². The quantitative estimate of drug-likeness (QED) is 0.173. The Kier molecular flexibility index (Phi) is 6.93. The third-order valence-electron chi connectivity index (χ3n) is 11.7. The van der Waals surface area contributed by atoms with E-state index >= 15 is 0 Å². The fraction of sp³-hybridized carbons (Fsp3) is 0. The Morgan fingerprint density at radius 3 is 1.46 bits per heavy atom. The Bertz CT molecular complexity index is 3240. The van der Waals surface area contributed by atoms with Crippen LogP contribution < -0.4 is 4.74 Å². The highest BCUT2D eigenvalue weighted by atomic mass is 16.5. The van der Waals surface area contributed by atoms with Gasteiger partial charge in [0.2, 0.25) is 0 Å². The molecule has 11 aromatic rings. The van der Waals surface area contributed by atoms with Crippen molar-refractivity contribution in [2.45, 2.75) is 0 Å². The van der Waals surface area contributed by atoms with Gasteiger partial charge in [-0.3, -0.25) is 0 Å². The number of hydrogen-bond acceptors (Lipinski definition) is 1. The minimum atomic E-state index is 0.867. The van der Waals surface area contributed by atoms with Crippen molar-refractivity contribution in [3.8, 4) is 67.4 Å². The highest BCUT2D eigenvalue weighted by molar-refractivity contribution is 6.13. The van der Waals surface area contributed by atoms with E-state index in [-0.39, 0.29) is 0 Å². The predicted molar refractivity (Wildman–Crippen MR) is 237 cm³/mol. The molecule has 0 spiro atoms. The lowest BCUT2D eigenvalue weighted by atomic mass is 9.98. The molecule has 0 bridgehead atoms. The van der Waals surface area contributed by atoms with Crippen LogP contribution in [0.4, 0.5) is 0 Å². The maximum absolute atomic E-state index is 6.56. The monoisotopic (exact) mass is 726 g/mol. The van der Waals surface area contributed by atoms with Crippen LogP contribution in [0.5, 0.6) is 11.5 Å². The molecule has 3 nitrogen and oxygen atoms in total. The Labute approximate surface area is 329 Å². The van der Waals surface area contributed by atoms with Crippen molar-refractivity contribution in [3.05, 3.63) is 206 Å². The van der Waals surface area contributed by atoms with E-state index < -0.39 is 0 Å². The summed E-state index contributed by atoms with van der Waals surface area (Å²) in [6.07, 6.45) is 0. The second-order valence-electron chi connectivity index (χ2n) is 14.9. The predicted octanol–water partition coefficient (Wildman–Crippen LogP) is 14.7. The summed E-state index contributed by atoms with van der Waals surface area (Å²) in [5.74, 6) is 1.76. The van der Waals surface area contributed by atoms with E-state index in [1.165, 1.54) is 71.5 Å². The van der Waals surface area contributed by atoms with Crippen molar-refractivity contribution in [2.24, 2.45) is 0 Å². The minimum absolute atomic E-state index is 0.867. The van der Waals surface area contributed by atoms with Crippen LogP contribution in [0, 0.1) is 0 Å². The fourth-order valence-electron chi connectivity index (χ4n) is 9.06. The van der Waals surface area contributed by atoms with Crippen LogP contribution in [0.2, 0.25) is 0 Å². The van der Waals surface area contributed by atoms with Gasteiger partial charge in [-0.25, -0.2) is 0 Å². The van der Waals surface area contributed by atoms with E-state index in [4.69, 9.17) is 4.74 Å². The zero-order valence-corrected chi connectivity index (χ0v) is 30.9. The first-order valence-corrected chi connectivity index (χ1v) is 19.5. The van der Waals surface area contributed by atoms with Crippen LogP contribution in [0.25, 0.3) is 99.5 Å². The van der Waals surface area contributed by atoms with Gasteiger partial charge in [0.25, 0.3) is 0 Å². The van der Waals surface area contributed by atoms with Crippen molar-refractivity contribution in [1.29, 1.82) is 0 Å². The number of ether oxygens (including phenoxy) is 1. The van der Waals surface area contributed by atoms with Crippen molar-refractivity contribution in [2.75, 3.05) is 0 Å². The standard InChI is InChI=1S/C54H34N2O/c1-3-11-35(12-4-1)40-27-31-49-46(33-40)47-34-41(36-13-5-2-6-14-36)28-32-50(47)55(49)42-29-25-38(26-30-42)37-21-23-39(24-22-37)43-16-9-19-51-53(43)56-48-18-8-7-15-44(48)45-17-10-20-52(57-51)54(45)56/h1-34H.